The summed E-state index contributed by atoms with van der Waals surface area (Å²) < 4.78 is 11.0. The molecule has 1 fully saturated rings. The molecule has 1 aliphatic heterocycles. The highest BCUT2D eigenvalue weighted by Crippen LogP contribution is 2.31. The van der Waals surface area contributed by atoms with Crippen LogP contribution in [0.15, 0.2) is 35.7 Å². The Hall–Kier alpha value is -1.89. The number of amides is 1. The van der Waals surface area contributed by atoms with Crippen molar-refractivity contribution < 1.29 is 19.4 Å². The molecule has 5 nitrogen and oxygen atoms in total. The van der Waals surface area contributed by atoms with Crippen molar-refractivity contribution in [3.63, 3.8) is 0 Å². The molecule has 2 aromatic rings. The number of rotatable bonds is 3. The van der Waals surface area contributed by atoms with Crippen LogP contribution >= 0.6 is 11.3 Å². The molecule has 0 bridgehead atoms. The SMILES string of the molecule is O=C(Nc1cc(C2OCCCO2)ccc1O)c1cccs1. The number of carbonyl (C=O) groups is 1. The van der Waals surface area contributed by atoms with Crippen molar-refractivity contribution in [3.05, 3.63) is 46.2 Å². The molecular formula is C15H15NO4S. The minimum absolute atomic E-state index is 0.0134. The maximum Gasteiger partial charge on any atom is 0.265 e. The van der Waals surface area contributed by atoms with Crippen LogP contribution in [-0.4, -0.2) is 24.2 Å². The number of anilines is 1. The Morgan fingerprint density at radius 3 is 2.81 bits per heavy atom. The summed E-state index contributed by atoms with van der Waals surface area (Å²) in [6.07, 6.45) is 0.424. The molecule has 21 heavy (non-hydrogen) atoms. The average Bonchev–Trinajstić information content (AvgIpc) is 3.05. The number of aromatic hydroxyl groups is 1. The van der Waals surface area contributed by atoms with Gasteiger partial charge < -0.3 is 19.9 Å². The number of phenols is 1. The zero-order chi connectivity index (χ0) is 14.7. The van der Waals surface area contributed by atoms with Crippen molar-refractivity contribution in [2.45, 2.75) is 12.7 Å². The lowest BCUT2D eigenvalue weighted by Gasteiger charge is -2.24. The number of benzene rings is 1. The van der Waals surface area contributed by atoms with E-state index in [1.807, 2.05) is 5.38 Å². The van der Waals surface area contributed by atoms with Gasteiger partial charge in [0.25, 0.3) is 5.91 Å². The van der Waals surface area contributed by atoms with Gasteiger partial charge >= 0.3 is 0 Å². The minimum atomic E-state index is -0.447. The third-order valence-corrected chi connectivity index (χ3v) is 3.98. The molecule has 1 amide bonds. The minimum Gasteiger partial charge on any atom is -0.506 e. The van der Waals surface area contributed by atoms with Gasteiger partial charge in [0, 0.05) is 5.56 Å². The van der Waals surface area contributed by atoms with Crippen molar-refractivity contribution in [2.24, 2.45) is 0 Å². The Kier molecular flexibility index (Phi) is 4.19. The van der Waals surface area contributed by atoms with Crippen LogP contribution in [0.1, 0.15) is 27.9 Å². The lowest BCUT2D eigenvalue weighted by molar-refractivity contribution is -0.183. The number of carbonyl (C=O) groups excluding carboxylic acids is 1. The van der Waals surface area contributed by atoms with Crippen LogP contribution in [0.4, 0.5) is 5.69 Å². The lowest BCUT2D eigenvalue weighted by Crippen LogP contribution is -2.18. The van der Waals surface area contributed by atoms with Gasteiger partial charge in [0.15, 0.2) is 6.29 Å². The van der Waals surface area contributed by atoms with Gasteiger partial charge in [-0.15, -0.1) is 11.3 Å². The maximum atomic E-state index is 12.0. The number of hydrogen-bond donors (Lipinski definition) is 2. The van der Waals surface area contributed by atoms with Gasteiger partial charge in [-0.2, -0.15) is 0 Å². The van der Waals surface area contributed by atoms with Crippen molar-refractivity contribution in [1.29, 1.82) is 0 Å². The summed E-state index contributed by atoms with van der Waals surface area (Å²) >= 11 is 1.35. The van der Waals surface area contributed by atoms with Gasteiger partial charge in [0.1, 0.15) is 5.75 Å². The van der Waals surface area contributed by atoms with Crippen LogP contribution in [-0.2, 0) is 9.47 Å². The quantitative estimate of drug-likeness (QED) is 0.855. The van der Waals surface area contributed by atoms with E-state index >= 15 is 0 Å². The Morgan fingerprint density at radius 1 is 1.29 bits per heavy atom. The fraction of sp³-hybridized carbons (Fsp3) is 0.267. The average molecular weight is 305 g/mol. The molecule has 110 valence electrons. The first kappa shape index (κ1) is 14.1. The molecule has 0 saturated carbocycles. The van der Waals surface area contributed by atoms with Crippen LogP contribution in [0.3, 0.4) is 0 Å². The zero-order valence-electron chi connectivity index (χ0n) is 11.2. The smallest absolute Gasteiger partial charge is 0.265 e. The van der Waals surface area contributed by atoms with E-state index in [0.29, 0.717) is 23.8 Å². The van der Waals surface area contributed by atoms with Crippen LogP contribution in [0.25, 0.3) is 0 Å². The lowest BCUT2D eigenvalue weighted by atomic mass is 10.1. The van der Waals surface area contributed by atoms with Crippen molar-refractivity contribution in [2.75, 3.05) is 18.5 Å². The molecule has 0 radical (unpaired) electrons. The highest BCUT2D eigenvalue weighted by molar-refractivity contribution is 7.12. The van der Waals surface area contributed by atoms with E-state index in [4.69, 9.17) is 9.47 Å². The number of phenolic OH excluding ortho intramolecular Hbond substituents is 1. The summed E-state index contributed by atoms with van der Waals surface area (Å²) in [7, 11) is 0. The molecule has 6 heteroatoms. The second kappa shape index (κ2) is 6.26. The molecule has 1 saturated heterocycles. The second-order valence-corrected chi connectivity index (χ2v) is 5.58. The summed E-state index contributed by atoms with van der Waals surface area (Å²) in [5.74, 6) is -0.234. The normalized spacial score (nSPS) is 15.8. The molecule has 2 heterocycles. The second-order valence-electron chi connectivity index (χ2n) is 4.64. The maximum absolute atomic E-state index is 12.0. The van der Waals surface area contributed by atoms with Crippen LogP contribution < -0.4 is 5.32 Å². The van der Waals surface area contributed by atoms with Gasteiger partial charge in [0.05, 0.1) is 23.8 Å². The first-order chi connectivity index (χ1) is 10.2. The molecule has 1 aromatic carbocycles. The van der Waals surface area contributed by atoms with E-state index in [9.17, 15) is 9.90 Å². The van der Waals surface area contributed by atoms with E-state index in [1.165, 1.54) is 17.4 Å². The predicted molar refractivity (Wildman–Crippen MR) is 79.6 cm³/mol. The largest absolute Gasteiger partial charge is 0.506 e. The fourth-order valence-electron chi connectivity index (χ4n) is 2.07. The summed E-state index contributed by atoms with van der Waals surface area (Å²) in [6, 6.07) is 8.47. The van der Waals surface area contributed by atoms with Gasteiger partial charge in [-0.3, -0.25) is 4.79 Å². The van der Waals surface area contributed by atoms with E-state index < -0.39 is 6.29 Å². The fourth-order valence-corrected chi connectivity index (χ4v) is 2.69. The van der Waals surface area contributed by atoms with Gasteiger partial charge in [-0.25, -0.2) is 0 Å². The highest BCUT2D eigenvalue weighted by Gasteiger charge is 2.18. The zero-order valence-corrected chi connectivity index (χ0v) is 12.1. The van der Waals surface area contributed by atoms with Gasteiger partial charge in [-0.05, 0) is 30.0 Å². The number of thiophene rings is 1. The van der Waals surface area contributed by atoms with Crippen molar-refractivity contribution in [1.82, 2.24) is 0 Å². The monoisotopic (exact) mass is 305 g/mol. The first-order valence-corrected chi connectivity index (χ1v) is 7.53. The molecule has 0 atom stereocenters. The topological polar surface area (TPSA) is 67.8 Å². The van der Waals surface area contributed by atoms with Crippen molar-refractivity contribution >= 4 is 22.9 Å². The van der Waals surface area contributed by atoms with E-state index in [2.05, 4.69) is 5.32 Å². The summed E-state index contributed by atoms with van der Waals surface area (Å²) in [5.41, 5.74) is 1.12. The van der Waals surface area contributed by atoms with Crippen LogP contribution in [0, 0.1) is 0 Å². The highest BCUT2D eigenvalue weighted by atomic mass is 32.1. The summed E-state index contributed by atoms with van der Waals surface area (Å²) in [4.78, 5) is 12.6. The molecular weight excluding hydrogens is 290 g/mol. The number of nitrogens with one attached hydrogen (secondary N) is 1. The van der Waals surface area contributed by atoms with Gasteiger partial charge in [-0.1, -0.05) is 12.1 Å². The van der Waals surface area contributed by atoms with Crippen LogP contribution in [0.2, 0.25) is 0 Å². The van der Waals surface area contributed by atoms with Crippen LogP contribution in [0.5, 0.6) is 5.75 Å². The molecule has 0 aliphatic carbocycles. The van der Waals surface area contributed by atoms with E-state index in [0.717, 1.165) is 12.0 Å². The number of ether oxygens (including phenoxy) is 2. The summed E-state index contributed by atoms with van der Waals surface area (Å²) in [5, 5.41) is 14.4. The standard InChI is InChI=1S/C15H15NO4S/c17-12-5-4-10(15-19-6-2-7-20-15)9-11(12)16-14(18)13-3-1-8-21-13/h1,3-5,8-9,15,17H,2,6-7H2,(H,16,18). The van der Waals surface area contributed by atoms with E-state index in [-0.39, 0.29) is 11.7 Å². The van der Waals surface area contributed by atoms with E-state index in [1.54, 1.807) is 24.3 Å². The molecule has 0 spiro atoms. The Morgan fingerprint density at radius 2 is 2.10 bits per heavy atom. The Labute approximate surface area is 126 Å². The Balaban J connectivity index is 1.79. The first-order valence-electron chi connectivity index (χ1n) is 6.65. The van der Waals surface area contributed by atoms with Crippen molar-refractivity contribution in [3.8, 4) is 5.75 Å². The molecule has 0 unspecified atom stereocenters. The van der Waals surface area contributed by atoms with Gasteiger partial charge in [0.2, 0.25) is 0 Å². The Bertz CT molecular complexity index is 621. The molecule has 2 N–H and O–H groups in total. The third-order valence-electron chi connectivity index (χ3n) is 3.11. The third kappa shape index (κ3) is 3.24. The molecule has 3 rings (SSSR count). The predicted octanol–water partition coefficient (Wildman–Crippen LogP) is 3.14. The molecule has 1 aliphatic rings. The number of hydrogen-bond acceptors (Lipinski definition) is 5. The summed E-state index contributed by atoms with van der Waals surface area (Å²) in [6.45, 7) is 1.28. The molecule has 1 aromatic heterocycles.